The average Bonchev–Trinajstić information content (AvgIpc) is 2.36. The molecule has 0 aliphatic rings. The summed E-state index contributed by atoms with van der Waals surface area (Å²) < 4.78 is 10.3. The van der Waals surface area contributed by atoms with Crippen molar-refractivity contribution in [2.45, 2.75) is 26.0 Å². The number of benzene rings is 1. The van der Waals surface area contributed by atoms with Gasteiger partial charge >= 0.3 is 5.97 Å². The Morgan fingerprint density at radius 2 is 2.00 bits per heavy atom. The highest BCUT2D eigenvalue weighted by molar-refractivity contribution is 5.77. The van der Waals surface area contributed by atoms with E-state index in [-0.39, 0.29) is 6.10 Å². The first-order valence-electron chi connectivity index (χ1n) is 5.74. The molecule has 1 rings (SSSR count). The maximum atomic E-state index is 11.7. The van der Waals surface area contributed by atoms with Crippen LogP contribution in [0, 0.1) is 0 Å². The number of ether oxygens (including phenoxy) is 2. The van der Waals surface area contributed by atoms with E-state index in [0.29, 0.717) is 13.2 Å². The van der Waals surface area contributed by atoms with Gasteiger partial charge in [0.25, 0.3) is 0 Å². The molecule has 4 heteroatoms. The van der Waals surface area contributed by atoms with Crippen LogP contribution in [0.2, 0.25) is 0 Å². The summed E-state index contributed by atoms with van der Waals surface area (Å²) in [5, 5.41) is 0. The van der Waals surface area contributed by atoms with Gasteiger partial charge in [0.1, 0.15) is 12.1 Å². The van der Waals surface area contributed by atoms with Gasteiger partial charge in [-0.1, -0.05) is 30.3 Å². The van der Waals surface area contributed by atoms with Crippen LogP contribution in [0.4, 0.5) is 0 Å². The summed E-state index contributed by atoms with van der Waals surface area (Å²) in [7, 11) is 0. The van der Waals surface area contributed by atoms with E-state index in [2.05, 4.69) is 0 Å². The monoisotopic (exact) mass is 237 g/mol. The molecule has 0 fully saturated rings. The minimum Gasteiger partial charge on any atom is -0.459 e. The molecule has 0 heterocycles. The molecular weight excluding hydrogens is 218 g/mol. The first-order valence-corrected chi connectivity index (χ1v) is 5.74. The predicted molar refractivity (Wildman–Crippen MR) is 65.4 cm³/mol. The second kappa shape index (κ2) is 7.04. The highest BCUT2D eigenvalue weighted by Gasteiger charge is 2.19. The molecule has 1 aromatic rings. The van der Waals surface area contributed by atoms with Crippen molar-refractivity contribution in [2.75, 3.05) is 13.2 Å². The van der Waals surface area contributed by atoms with Gasteiger partial charge in [-0.2, -0.15) is 0 Å². The van der Waals surface area contributed by atoms with Crippen molar-refractivity contribution in [1.29, 1.82) is 0 Å². The lowest BCUT2D eigenvalue weighted by Gasteiger charge is -2.16. The summed E-state index contributed by atoms with van der Waals surface area (Å²) >= 11 is 0. The van der Waals surface area contributed by atoms with E-state index in [1.807, 2.05) is 25.1 Å². The fourth-order valence-electron chi connectivity index (χ4n) is 1.39. The number of nitrogens with two attached hydrogens (primary N) is 1. The lowest BCUT2D eigenvalue weighted by Crippen LogP contribution is -2.29. The molecule has 0 aliphatic carbocycles. The molecule has 0 saturated heterocycles. The Kier molecular flexibility index (Phi) is 5.66. The van der Waals surface area contributed by atoms with E-state index in [9.17, 15) is 4.79 Å². The van der Waals surface area contributed by atoms with Gasteiger partial charge in [-0.3, -0.25) is 0 Å². The van der Waals surface area contributed by atoms with Crippen molar-refractivity contribution in [1.82, 2.24) is 0 Å². The zero-order valence-corrected chi connectivity index (χ0v) is 10.3. The van der Waals surface area contributed by atoms with Crippen LogP contribution in [0.3, 0.4) is 0 Å². The topological polar surface area (TPSA) is 61.5 Å². The molecule has 0 spiro atoms. The van der Waals surface area contributed by atoms with Gasteiger partial charge in [0.05, 0.1) is 6.61 Å². The zero-order valence-electron chi connectivity index (χ0n) is 10.3. The Bertz CT molecular complexity index is 340. The van der Waals surface area contributed by atoms with Gasteiger partial charge < -0.3 is 15.2 Å². The van der Waals surface area contributed by atoms with Crippen LogP contribution >= 0.6 is 0 Å². The van der Waals surface area contributed by atoms with Gasteiger partial charge in [-0.15, -0.1) is 0 Å². The summed E-state index contributed by atoms with van der Waals surface area (Å²) in [6, 6.07) is 8.43. The summed E-state index contributed by atoms with van der Waals surface area (Å²) in [6.07, 6.45) is -0.280. The number of carbonyl (C=O) groups is 1. The van der Waals surface area contributed by atoms with Crippen molar-refractivity contribution < 1.29 is 14.3 Å². The Morgan fingerprint density at radius 3 is 2.59 bits per heavy atom. The van der Waals surface area contributed by atoms with Crippen LogP contribution in [0.15, 0.2) is 30.3 Å². The molecular formula is C13H19NO3. The fourth-order valence-corrected chi connectivity index (χ4v) is 1.39. The molecule has 2 atom stereocenters. The molecule has 0 aliphatic heterocycles. The number of carbonyl (C=O) groups excluding carboxylic acids is 1. The number of hydrogen-bond donors (Lipinski definition) is 1. The zero-order chi connectivity index (χ0) is 12.7. The second-order valence-electron chi connectivity index (χ2n) is 3.80. The molecule has 0 saturated carbocycles. The summed E-state index contributed by atoms with van der Waals surface area (Å²) in [4.78, 5) is 11.7. The van der Waals surface area contributed by atoms with Gasteiger partial charge in [-0.25, -0.2) is 4.79 Å². The van der Waals surface area contributed by atoms with Crippen LogP contribution in [0.25, 0.3) is 0 Å². The lowest BCUT2D eigenvalue weighted by atomic mass is 10.1. The van der Waals surface area contributed by atoms with E-state index in [0.717, 1.165) is 5.56 Å². The summed E-state index contributed by atoms with van der Waals surface area (Å²) in [6.45, 7) is 4.67. The highest BCUT2D eigenvalue weighted by atomic mass is 16.6. The molecule has 0 amide bonds. The minimum atomic E-state index is -0.736. The maximum Gasteiger partial charge on any atom is 0.327 e. The molecule has 94 valence electrons. The summed E-state index contributed by atoms with van der Waals surface area (Å²) in [5.41, 5.74) is 6.55. The average molecular weight is 237 g/mol. The van der Waals surface area contributed by atoms with Crippen molar-refractivity contribution in [3.63, 3.8) is 0 Å². The molecule has 0 bridgehead atoms. The van der Waals surface area contributed by atoms with E-state index >= 15 is 0 Å². The first-order chi connectivity index (χ1) is 8.15. The van der Waals surface area contributed by atoms with Crippen LogP contribution in [-0.2, 0) is 14.3 Å². The summed E-state index contributed by atoms with van der Waals surface area (Å²) in [5.74, 6) is -0.427. The van der Waals surface area contributed by atoms with Crippen LogP contribution in [0.1, 0.15) is 25.5 Å². The van der Waals surface area contributed by atoms with E-state index in [1.54, 1.807) is 19.1 Å². The Labute approximate surface area is 102 Å². The third-order valence-electron chi connectivity index (χ3n) is 2.29. The lowest BCUT2D eigenvalue weighted by molar-refractivity contribution is -0.152. The van der Waals surface area contributed by atoms with Gasteiger partial charge in [0.15, 0.2) is 0 Å². The van der Waals surface area contributed by atoms with E-state index < -0.39 is 12.0 Å². The molecule has 2 unspecified atom stereocenters. The highest BCUT2D eigenvalue weighted by Crippen LogP contribution is 2.12. The van der Waals surface area contributed by atoms with Crippen molar-refractivity contribution >= 4 is 5.97 Å². The van der Waals surface area contributed by atoms with Crippen LogP contribution < -0.4 is 5.73 Å². The number of hydrogen-bond acceptors (Lipinski definition) is 4. The van der Waals surface area contributed by atoms with E-state index in [1.165, 1.54) is 0 Å². The quantitative estimate of drug-likeness (QED) is 0.764. The number of rotatable bonds is 6. The van der Waals surface area contributed by atoms with E-state index in [4.69, 9.17) is 15.2 Å². The Morgan fingerprint density at radius 1 is 1.35 bits per heavy atom. The molecule has 2 N–H and O–H groups in total. The molecule has 0 aromatic heterocycles. The van der Waals surface area contributed by atoms with Crippen LogP contribution in [-0.4, -0.2) is 25.3 Å². The maximum absolute atomic E-state index is 11.7. The fraction of sp³-hybridized carbons (Fsp3) is 0.462. The normalized spacial score (nSPS) is 14.1. The van der Waals surface area contributed by atoms with Gasteiger partial charge in [0.2, 0.25) is 0 Å². The minimum absolute atomic E-state index is 0.280. The predicted octanol–water partition coefficient (Wildman–Crippen LogP) is 1.65. The third-order valence-corrected chi connectivity index (χ3v) is 2.29. The van der Waals surface area contributed by atoms with Gasteiger partial charge in [0, 0.05) is 6.61 Å². The van der Waals surface area contributed by atoms with Crippen molar-refractivity contribution in [3.05, 3.63) is 35.9 Å². The third kappa shape index (κ3) is 4.54. The van der Waals surface area contributed by atoms with Crippen molar-refractivity contribution in [3.8, 4) is 0 Å². The largest absolute Gasteiger partial charge is 0.459 e. The molecule has 0 radical (unpaired) electrons. The Balaban J connectivity index is 2.47. The SMILES string of the molecule is CCOCC(C)OC(=O)C(N)c1ccccc1. The standard InChI is InChI=1S/C13H19NO3/c1-3-16-9-10(2)17-13(15)12(14)11-7-5-4-6-8-11/h4-8,10,12H,3,9,14H2,1-2H3. The second-order valence-corrected chi connectivity index (χ2v) is 3.80. The van der Waals surface area contributed by atoms with Crippen molar-refractivity contribution in [2.24, 2.45) is 5.73 Å². The van der Waals surface area contributed by atoms with Crippen LogP contribution in [0.5, 0.6) is 0 Å². The molecule has 17 heavy (non-hydrogen) atoms. The smallest absolute Gasteiger partial charge is 0.327 e. The molecule has 4 nitrogen and oxygen atoms in total. The van der Waals surface area contributed by atoms with Gasteiger partial charge in [-0.05, 0) is 19.4 Å². The molecule has 1 aromatic carbocycles. The Hall–Kier alpha value is -1.39. The number of esters is 1. The first kappa shape index (κ1) is 13.7.